The highest BCUT2D eigenvalue weighted by Crippen LogP contribution is 2.39. The maximum atomic E-state index is 12.5. The quantitative estimate of drug-likeness (QED) is 0.0176. The minimum atomic E-state index is -0.459. The lowest BCUT2D eigenvalue weighted by atomic mass is 10.0. The molecule has 0 radical (unpaired) electrons. The van der Waals surface area contributed by atoms with E-state index < -0.39 is 36.1 Å². The summed E-state index contributed by atoms with van der Waals surface area (Å²) in [5.41, 5.74) is 7.48. The van der Waals surface area contributed by atoms with Gasteiger partial charge in [0, 0.05) is 47.1 Å². The number of carbonyl (C=O) groups is 4. The van der Waals surface area contributed by atoms with E-state index in [1.165, 1.54) is 35.4 Å². The van der Waals surface area contributed by atoms with Crippen molar-refractivity contribution in [1.82, 2.24) is 15.2 Å². The van der Waals surface area contributed by atoms with E-state index in [9.17, 15) is 19.2 Å². The molecule has 13 heteroatoms. The predicted octanol–water partition coefficient (Wildman–Crippen LogP) is 15.1. The number of rotatable bonds is 36. The van der Waals surface area contributed by atoms with Crippen LogP contribution in [-0.2, 0) is 51.0 Å². The van der Waals surface area contributed by atoms with Crippen LogP contribution in [0.5, 0.6) is 0 Å². The van der Waals surface area contributed by atoms with Gasteiger partial charge >= 0.3 is 23.9 Å². The van der Waals surface area contributed by atoms with Crippen molar-refractivity contribution in [3.63, 3.8) is 0 Å². The number of nitrogens with zero attached hydrogens (tertiary/aromatic N) is 4. The van der Waals surface area contributed by atoms with Gasteiger partial charge in [0.05, 0.1) is 13.2 Å². The number of benzene rings is 4. The van der Waals surface area contributed by atoms with Crippen LogP contribution in [0, 0.1) is 0 Å². The molecule has 0 aliphatic heterocycles. The van der Waals surface area contributed by atoms with E-state index in [2.05, 4.69) is 93.8 Å². The van der Waals surface area contributed by atoms with Crippen molar-refractivity contribution in [3.8, 4) is 0 Å². The summed E-state index contributed by atoms with van der Waals surface area (Å²) in [6.07, 6.45) is 20.6. The zero-order valence-electron chi connectivity index (χ0n) is 44.2. The zero-order valence-corrected chi connectivity index (χ0v) is 44.2. The van der Waals surface area contributed by atoms with Crippen molar-refractivity contribution < 1.29 is 38.1 Å². The van der Waals surface area contributed by atoms with Gasteiger partial charge in [0.25, 0.3) is 5.95 Å². The van der Waals surface area contributed by atoms with Crippen molar-refractivity contribution in [1.29, 1.82) is 0 Å². The third-order valence-electron chi connectivity index (χ3n) is 12.8. The molecule has 1 heterocycles. The lowest BCUT2D eigenvalue weighted by Gasteiger charge is -2.24. The second-order valence-electron chi connectivity index (χ2n) is 18.5. The Hall–Kier alpha value is -7.54. The average molecular weight is 1020 g/mol. The third kappa shape index (κ3) is 19.4. The number of esters is 4. The fraction of sp³-hybridized carbons (Fsp3) is 0.387. The Morgan fingerprint density at radius 3 is 1.24 bits per heavy atom. The minimum absolute atomic E-state index is 0.393. The first-order chi connectivity index (χ1) is 36.6. The van der Waals surface area contributed by atoms with Crippen LogP contribution in [0.25, 0.3) is 0 Å². The van der Waals surface area contributed by atoms with Gasteiger partial charge < -0.3 is 18.9 Å². The van der Waals surface area contributed by atoms with Crippen molar-refractivity contribution in [3.05, 3.63) is 170 Å². The standard InChI is InChI=1S/C62H77N5O8/c1-7-13-19-27-55(74-59(70)11-5)49-33-41-53(42-34-49)66(51-37-29-47(30-38-51)25-21-15-17-23-45-72-57(68)9-3)61-63-62(65-64-61)67(52-39-31-48(32-40-52)26-22-16-18-24-46-73-58(69)10-4)54-43-35-50(36-44-54)56(28-20-14-8-2)75-60(71)12-6/h9-12,29-44,55-56H,3-8,13-28,45-46H2,1-2H3,(H,63,64,65). The van der Waals surface area contributed by atoms with Gasteiger partial charge in [-0.1, -0.05) is 140 Å². The van der Waals surface area contributed by atoms with E-state index >= 15 is 0 Å². The summed E-state index contributed by atoms with van der Waals surface area (Å²) in [7, 11) is 0. The number of ether oxygens (including phenoxy) is 4. The van der Waals surface area contributed by atoms with Crippen molar-refractivity contribution in [2.24, 2.45) is 0 Å². The van der Waals surface area contributed by atoms with Gasteiger partial charge in [-0.15, -0.1) is 5.10 Å². The van der Waals surface area contributed by atoms with Crippen LogP contribution in [0.1, 0.15) is 151 Å². The van der Waals surface area contributed by atoms with Gasteiger partial charge in [-0.2, -0.15) is 4.98 Å². The Balaban J connectivity index is 1.48. The van der Waals surface area contributed by atoms with Gasteiger partial charge in [0.1, 0.15) is 12.2 Å². The molecular weight excluding hydrogens is 943 g/mol. The summed E-state index contributed by atoms with van der Waals surface area (Å²) in [5, 5.41) is 8.16. The lowest BCUT2D eigenvalue weighted by molar-refractivity contribution is -0.144. The Kier molecular flexibility index (Phi) is 25.4. The molecule has 1 aromatic heterocycles. The summed E-state index contributed by atoms with van der Waals surface area (Å²) in [4.78, 5) is 57.0. The highest BCUT2D eigenvalue weighted by Gasteiger charge is 2.24. The van der Waals surface area contributed by atoms with E-state index in [-0.39, 0.29) is 0 Å². The van der Waals surface area contributed by atoms with Crippen LogP contribution in [0.3, 0.4) is 0 Å². The molecule has 13 nitrogen and oxygen atoms in total. The number of unbranched alkanes of at least 4 members (excludes halogenated alkanes) is 10. The van der Waals surface area contributed by atoms with Gasteiger partial charge in [-0.05, 0) is 135 Å². The molecule has 2 unspecified atom stereocenters. The summed E-state index contributed by atoms with van der Waals surface area (Å²) in [6.45, 7) is 19.2. The van der Waals surface area contributed by atoms with Crippen LogP contribution in [0.4, 0.5) is 34.6 Å². The van der Waals surface area contributed by atoms with Crippen molar-refractivity contribution in [2.45, 2.75) is 142 Å². The van der Waals surface area contributed by atoms with Gasteiger partial charge in [-0.3, -0.25) is 9.80 Å². The molecule has 75 heavy (non-hydrogen) atoms. The number of aryl methyl sites for hydroxylation is 2. The van der Waals surface area contributed by atoms with Crippen molar-refractivity contribution >= 4 is 58.5 Å². The largest absolute Gasteiger partial charge is 0.463 e. The number of H-pyrrole nitrogens is 1. The first kappa shape index (κ1) is 58.4. The number of nitrogens with one attached hydrogen (secondary N) is 1. The second kappa shape index (κ2) is 32.6. The first-order valence-electron chi connectivity index (χ1n) is 26.8. The molecule has 1 N–H and O–H groups in total. The third-order valence-corrected chi connectivity index (χ3v) is 12.8. The molecule has 0 fully saturated rings. The summed E-state index contributed by atoms with van der Waals surface area (Å²) in [5.74, 6) is -0.820. The Morgan fingerprint density at radius 1 is 0.480 bits per heavy atom. The normalized spacial score (nSPS) is 11.7. The molecule has 0 aliphatic carbocycles. The van der Waals surface area contributed by atoms with Crippen LogP contribution >= 0.6 is 0 Å². The molecule has 2 atom stereocenters. The number of carbonyl (C=O) groups excluding carboxylic acids is 4. The molecule has 5 aromatic rings. The van der Waals surface area contributed by atoms with E-state index in [1.807, 2.05) is 58.3 Å². The Labute approximate surface area is 444 Å². The molecule has 4 aromatic carbocycles. The monoisotopic (exact) mass is 1020 g/mol. The Bertz CT molecular complexity index is 2380. The van der Waals surface area contributed by atoms with Crippen LogP contribution in [-0.4, -0.2) is 52.3 Å². The molecular formula is C62H77N5O8. The molecule has 0 bridgehead atoms. The van der Waals surface area contributed by atoms with Gasteiger partial charge in [0.15, 0.2) is 0 Å². The fourth-order valence-corrected chi connectivity index (χ4v) is 8.67. The topological polar surface area (TPSA) is 153 Å². The highest BCUT2D eigenvalue weighted by molar-refractivity contribution is 5.83. The van der Waals surface area contributed by atoms with Gasteiger partial charge in [-0.25, -0.2) is 24.3 Å². The second-order valence-corrected chi connectivity index (χ2v) is 18.5. The SMILES string of the molecule is C=CC(=O)OCCCCCCc1ccc(N(c2ccc(C(CCCCC)OC(=O)C=C)cc2)c2n[nH]c(N(c3ccc(CCCCCCOC(=O)C=C)cc3)c3ccc(C(CCCCC)OC(=O)C=C)cc3)n2)cc1. The number of anilines is 6. The lowest BCUT2D eigenvalue weighted by Crippen LogP contribution is -2.14. The first-order valence-corrected chi connectivity index (χ1v) is 26.8. The van der Waals surface area contributed by atoms with Crippen LogP contribution in [0.15, 0.2) is 148 Å². The van der Waals surface area contributed by atoms with E-state index in [1.54, 1.807) is 0 Å². The van der Waals surface area contributed by atoms with E-state index in [0.717, 1.165) is 137 Å². The number of hydrogen-bond acceptors (Lipinski definition) is 12. The molecule has 0 spiro atoms. The summed E-state index contributed by atoms with van der Waals surface area (Å²) < 4.78 is 22.0. The molecule has 5 rings (SSSR count). The van der Waals surface area contributed by atoms with Crippen LogP contribution in [0.2, 0.25) is 0 Å². The zero-order chi connectivity index (χ0) is 53.6. The van der Waals surface area contributed by atoms with Crippen LogP contribution < -0.4 is 9.80 Å². The maximum absolute atomic E-state index is 12.5. The smallest absolute Gasteiger partial charge is 0.330 e. The van der Waals surface area contributed by atoms with E-state index in [0.29, 0.717) is 38.0 Å². The van der Waals surface area contributed by atoms with Gasteiger partial charge in [0.2, 0.25) is 5.95 Å². The number of hydrogen-bond donors (Lipinski definition) is 1. The summed E-state index contributed by atoms with van der Waals surface area (Å²) in [6, 6.07) is 32.9. The Morgan fingerprint density at radius 2 is 0.853 bits per heavy atom. The minimum Gasteiger partial charge on any atom is -0.463 e. The fourth-order valence-electron chi connectivity index (χ4n) is 8.67. The molecule has 0 aliphatic rings. The van der Waals surface area contributed by atoms with E-state index in [4.69, 9.17) is 29.0 Å². The number of aromatic amines is 1. The average Bonchev–Trinajstić information content (AvgIpc) is 3.91. The summed E-state index contributed by atoms with van der Waals surface area (Å²) >= 11 is 0. The highest BCUT2D eigenvalue weighted by atomic mass is 16.5. The van der Waals surface area contributed by atoms with Crippen molar-refractivity contribution in [2.75, 3.05) is 23.0 Å². The molecule has 0 saturated heterocycles. The number of aromatic nitrogens is 3. The molecule has 0 amide bonds. The predicted molar refractivity (Wildman–Crippen MR) is 299 cm³/mol. The maximum Gasteiger partial charge on any atom is 0.330 e. The molecule has 398 valence electrons. The molecule has 0 saturated carbocycles.